The van der Waals surface area contributed by atoms with E-state index in [1.807, 2.05) is 19.1 Å². The van der Waals surface area contributed by atoms with Crippen LogP contribution in [-0.4, -0.2) is 26.4 Å². The molecule has 1 amide bonds. The number of sulfonamides is 1. The third kappa shape index (κ3) is 6.01. The monoisotopic (exact) mass is 397 g/mol. The van der Waals surface area contributed by atoms with Crippen molar-refractivity contribution >= 4 is 34.0 Å². The minimum Gasteiger partial charge on any atom is -0.350 e. The number of rotatable bonds is 6. The fourth-order valence-corrected chi connectivity index (χ4v) is 3.22. The standard InChI is InChI=1S/C18H23N3O3S.ClH/c1-13-6-4-5-7-16(13)21-25(23,24)15-10-8-14(9-11-15)17(22)20-12-18(2,3)19;/h4-11,21H,12,19H2,1-3H3,(H,20,22);1H. The van der Waals surface area contributed by atoms with E-state index in [0.717, 1.165) is 5.56 Å². The summed E-state index contributed by atoms with van der Waals surface area (Å²) in [4.78, 5) is 12.1. The average Bonchev–Trinajstić information content (AvgIpc) is 2.54. The van der Waals surface area contributed by atoms with Crippen LogP contribution in [0.1, 0.15) is 29.8 Å². The average molecular weight is 398 g/mol. The van der Waals surface area contributed by atoms with Gasteiger partial charge in [-0.3, -0.25) is 9.52 Å². The highest BCUT2D eigenvalue weighted by Crippen LogP contribution is 2.19. The number of hydrogen-bond acceptors (Lipinski definition) is 4. The van der Waals surface area contributed by atoms with Crippen molar-refractivity contribution in [1.82, 2.24) is 5.32 Å². The summed E-state index contributed by atoms with van der Waals surface area (Å²) in [5.41, 5.74) is 7.03. The maximum Gasteiger partial charge on any atom is 0.261 e. The van der Waals surface area contributed by atoms with Crippen molar-refractivity contribution in [2.75, 3.05) is 11.3 Å². The molecule has 0 aliphatic heterocycles. The SMILES string of the molecule is Cc1ccccc1NS(=O)(=O)c1ccc(C(=O)NCC(C)(C)N)cc1.Cl. The summed E-state index contributed by atoms with van der Waals surface area (Å²) in [5.74, 6) is -0.297. The number of aryl methyl sites for hydroxylation is 1. The predicted octanol–water partition coefficient (Wildman–Crippen LogP) is 2.68. The molecule has 0 bridgehead atoms. The highest BCUT2D eigenvalue weighted by Gasteiger charge is 2.17. The van der Waals surface area contributed by atoms with E-state index in [0.29, 0.717) is 17.8 Å². The lowest BCUT2D eigenvalue weighted by Crippen LogP contribution is -2.45. The Morgan fingerprint density at radius 1 is 1.08 bits per heavy atom. The van der Waals surface area contributed by atoms with Crippen molar-refractivity contribution in [3.05, 3.63) is 59.7 Å². The third-order valence-corrected chi connectivity index (χ3v) is 4.90. The van der Waals surface area contributed by atoms with Crippen molar-refractivity contribution in [3.63, 3.8) is 0 Å². The smallest absolute Gasteiger partial charge is 0.261 e. The van der Waals surface area contributed by atoms with Gasteiger partial charge in [-0.05, 0) is 56.7 Å². The molecule has 0 spiro atoms. The van der Waals surface area contributed by atoms with Crippen LogP contribution in [0.3, 0.4) is 0 Å². The fraction of sp³-hybridized carbons (Fsp3) is 0.278. The van der Waals surface area contributed by atoms with Gasteiger partial charge >= 0.3 is 0 Å². The van der Waals surface area contributed by atoms with Gasteiger partial charge in [0.25, 0.3) is 15.9 Å². The van der Waals surface area contributed by atoms with Crippen LogP contribution in [0.2, 0.25) is 0 Å². The van der Waals surface area contributed by atoms with Gasteiger partial charge in [0.05, 0.1) is 10.6 Å². The van der Waals surface area contributed by atoms with Gasteiger partial charge in [-0.25, -0.2) is 8.42 Å². The van der Waals surface area contributed by atoms with Gasteiger partial charge in [0, 0.05) is 17.6 Å². The van der Waals surface area contributed by atoms with E-state index in [-0.39, 0.29) is 23.2 Å². The molecule has 0 aliphatic carbocycles. The molecule has 0 fully saturated rings. The summed E-state index contributed by atoms with van der Waals surface area (Å²) in [7, 11) is -3.72. The number of carbonyl (C=O) groups is 1. The van der Waals surface area contributed by atoms with Gasteiger partial charge in [0.15, 0.2) is 0 Å². The molecule has 0 saturated carbocycles. The Balaban J connectivity index is 0.00000338. The van der Waals surface area contributed by atoms with Crippen LogP contribution in [-0.2, 0) is 10.0 Å². The molecule has 0 aliphatic rings. The van der Waals surface area contributed by atoms with Gasteiger partial charge in [-0.15, -0.1) is 12.4 Å². The quantitative estimate of drug-likeness (QED) is 0.697. The zero-order valence-corrected chi connectivity index (χ0v) is 16.6. The molecule has 0 saturated heterocycles. The first-order valence-electron chi connectivity index (χ1n) is 7.84. The van der Waals surface area contributed by atoms with Gasteiger partial charge < -0.3 is 11.1 Å². The van der Waals surface area contributed by atoms with E-state index in [1.165, 1.54) is 24.3 Å². The molecule has 2 aromatic rings. The number of anilines is 1. The lowest BCUT2D eigenvalue weighted by Gasteiger charge is -2.18. The number of benzene rings is 2. The van der Waals surface area contributed by atoms with Gasteiger partial charge in [-0.2, -0.15) is 0 Å². The summed E-state index contributed by atoms with van der Waals surface area (Å²) in [6.07, 6.45) is 0. The van der Waals surface area contributed by atoms with Crippen LogP contribution in [0.15, 0.2) is 53.4 Å². The van der Waals surface area contributed by atoms with E-state index < -0.39 is 15.6 Å². The highest BCUT2D eigenvalue weighted by atomic mass is 35.5. The minimum atomic E-state index is -3.72. The van der Waals surface area contributed by atoms with Crippen LogP contribution >= 0.6 is 12.4 Å². The van der Waals surface area contributed by atoms with E-state index in [2.05, 4.69) is 10.0 Å². The van der Waals surface area contributed by atoms with Gasteiger partial charge in [0.2, 0.25) is 0 Å². The Labute approximate surface area is 160 Å². The Morgan fingerprint density at radius 2 is 1.65 bits per heavy atom. The van der Waals surface area contributed by atoms with E-state index in [9.17, 15) is 13.2 Å². The topological polar surface area (TPSA) is 101 Å². The summed E-state index contributed by atoms with van der Waals surface area (Å²) < 4.78 is 27.5. The number of halogens is 1. The van der Waals surface area contributed by atoms with E-state index in [4.69, 9.17) is 5.73 Å². The normalized spacial score (nSPS) is 11.4. The number of amides is 1. The lowest BCUT2D eigenvalue weighted by molar-refractivity contribution is 0.0946. The zero-order chi connectivity index (χ0) is 18.7. The number of para-hydroxylation sites is 1. The van der Waals surface area contributed by atoms with Crippen LogP contribution < -0.4 is 15.8 Å². The van der Waals surface area contributed by atoms with Crippen LogP contribution in [0.4, 0.5) is 5.69 Å². The van der Waals surface area contributed by atoms with Crippen molar-refractivity contribution in [1.29, 1.82) is 0 Å². The molecular weight excluding hydrogens is 374 g/mol. The van der Waals surface area contributed by atoms with Crippen molar-refractivity contribution in [2.45, 2.75) is 31.2 Å². The second-order valence-electron chi connectivity index (χ2n) is 6.62. The molecule has 26 heavy (non-hydrogen) atoms. The molecule has 0 unspecified atom stereocenters. The predicted molar refractivity (Wildman–Crippen MR) is 106 cm³/mol. The Morgan fingerprint density at radius 3 is 2.19 bits per heavy atom. The molecule has 0 heterocycles. The first kappa shape index (κ1) is 22.0. The molecule has 6 nitrogen and oxygen atoms in total. The zero-order valence-electron chi connectivity index (χ0n) is 14.9. The molecular formula is C18H24ClN3O3S. The maximum absolute atomic E-state index is 12.5. The minimum absolute atomic E-state index is 0. The van der Waals surface area contributed by atoms with Crippen molar-refractivity contribution in [2.24, 2.45) is 5.73 Å². The number of nitrogens with one attached hydrogen (secondary N) is 2. The second-order valence-corrected chi connectivity index (χ2v) is 8.30. The molecule has 0 atom stereocenters. The Bertz CT molecular complexity index is 860. The molecule has 2 rings (SSSR count). The van der Waals surface area contributed by atoms with Gasteiger partial charge in [0.1, 0.15) is 0 Å². The molecule has 8 heteroatoms. The first-order chi connectivity index (χ1) is 11.6. The fourth-order valence-electron chi connectivity index (χ4n) is 2.09. The molecule has 0 radical (unpaired) electrons. The summed E-state index contributed by atoms with van der Waals surface area (Å²) in [6, 6.07) is 12.9. The number of hydrogen-bond donors (Lipinski definition) is 3. The summed E-state index contributed by atoms with van der Waals surface area (Å²) in [6.45, 7) is 5.76. The molecule has 4 N–H and O–H groups in total. The van der Waals surface area contributed by atoms with E-state index in [1.54, 1.807) is 26.0 Å². The van der Waals surface area contributed by atoms with Gasteiger partial charge in [-0.1, -0.05) is 18.2 Å². The molecule has 142 valence electrons. The molecule has 0 aromatic heterocycles. The first-order valence-corrected chi connectivity index (χ1v) is 9.32. The van der Waals surface area contributed by atoms with Crippen molar-refractivity contribution in [3.8, 4) is 0 Å². The van der Waals surface area contributed by atoms with Crippen LogP contribution in [0.25, 0.3) is 0 Å². The second kappa shape index (κ2) is 8.53. The molecule has 2 aromatic carbocycles. The Kier molecular flexibility index (Phi) is 7.20. The number of nitrogens with two attached hydrogens (primary N) is 1. The van der Waals surface area contributed by atoms with Crippen LogP contribution in [0, 0.1) is 6.92 Å². The van der Waals surface area contributed by atoms with Crippen molar-refractivity contribution < 1.29 is 13.2 Å². The van der Waals surface area contributed by atoms with E-state index >= 15 is 0 Å². The number of carbonyl (C=O) groups excluding carboxylic acids is 1. The lowest BCUT2D eigenvalue weighted by atomic mass is 10.1. The highest BCUT2D eigenvalue weighted by molar-refractivity contribution is 7.92. The largest absolute Gasteiger partial charge is 0.350 e. The third-order valence-electron chi connectivity index (χ3n) is 3.52. The Hall–Kier alpha value is -2.09. The van der Waals surface area contributed by atoms with Crippen LogP contribution in [0.5, 0.6) is 0 Å². The summed E-state index contributed by atoms with van der Waals surface area (Å²) in [5, 5.41) is 2.72. The summed E-state index contributed by atoms with van der Waals surface area (Å²) >= 11 is 0. The maximum atomic E-state index is 12.5.